The van der Waals surface area contributed by atoms with Gasteiger partial charge < -0.3 is 16.2 Å². The smallest absolute Gasteiger partial charge is 0.326 e. The third-order valence-electron chi connectivity index (χ3n) is 2.94. The van der Waals surface area contributed by atoms with Crippen LogP contribution in [0.2, 0.25) is 0 Å². The molecule has 1 amide bonds. The number of anilines is 1. The number of benzene rings is 1. The quantitative estimate of drug-likeness (QED) is 0.761. The predicted molar refractivity (Wildman–Crippen MR) is 75.3 cm³/mol. The number of nitrogens with two attached hydrogens (primary N) is 1. The summed E-state index contributed by atoms with van der Waals surface area (Å²) in [7, 11) is 0. The Kier molecular flexibility index (Phi) is 3.84. The summed E-state index contributed by atoms with van der Waals surface area (Å²) in [6.07, 6.45) is 1.29. The standard InChI is InChI=1S/C14H15N3O3/c1-8-2-3-9-4-5-16-13(10(9)6-8)17-11(14(19)20)7-12(15)18/h2-6,11H,7H2,1H3,(H2,15,18)(H,16,17)(H,19,20). The summed E-state index contributed by atoms with van der Waals surface area (Å²) in [4.78, 5) is 26.2. The van der Waals surface area contributed by atoms with Gasteiger partial charge in [-0.2, -0.15) is 0 Å². The molecule has 1 unspecified atom stereocenters. The first kappa shape index (κ1) is 13.8. The second kappa shape index (κ2) is 5.56. The molecule has 6 nitrogen and oxygen atoms in total. The second-order valence-corrected chi connectivity index (χ2v) is 4.59. The number of primary amides is 1. The Hall–Kier alpha value is -2.63. The number of aryl methyl sites for hydroxylation is 1. The van der Waals surface area contributed by atoms with Crippen molar-refractivity contribution in [3.05, 3.63) is 36.0 Å². The topological polar surface area (TPSA) is 105 Å². The van der Waals surface area contributed by atoms with Gasteiger partial charge in [-0.3, -0.25) is 4.79 Å². The molecule has 2 aromatic rings. The van der Waals surface area contributed by atoms with E-state index in [1.54, 1.807) is 6.20 Å². The molecule has 0 saturated heterocycles. The average Bonchev–Trinajstić information content (AvgIpc) is 2.38. The number of hydrogen-bond acceptors (Lipinski definition) is 4. The van der Waals surface area contributed by atoms with Crippen molar-refractivity contribution in [1.29, 1.82) is 0 Å². The molecular weight excluding hydrogens is 258 g/mol. The first-order valence-corrected chi connectivity index (χ1v) is 6.10. The maximum Gasteiger partial charge on any atom is 0.326 e. The number of carbonyl (C=O) groups is 2. The Bertz CT molecular complexity index is 670. The van der Waals surface area contributed by atoms with E-state index in [-0.39, 0.29) is 6.42 Å². The second-order valence-electron chi connectivity index (χ2n) is 4.59. The number of hydrogen-bond donors (Lipinski definition) is 3. The number of aromatic nitrogens is 1. The number of carboxylic acid groups (broad SMARTS) is 1. The number of fused-ring (bicyclic) bond motifs is 1. The van der Waals surface area contributed by atoms with Crippen LogP contribution < -0.4 is 11.1 Å². The first-order chi connectivity index (χ1) is 9.47. The van der Waals surface area contributed by atoms with Crippen molar-refractivity contribution in [3.8, 4) is 0 Å². The number of rotatable bonds is 5. The van der Waals surface area contributed by atoms with Gasteiger partial charge in [0, 0.05) is 11.6 Å². The van der Waals surface area contributed by atoms with Crippen LogP contribution in [0.4, 0.5) is 5.82 Å². The Balaban J connectivity index is 2.39. The molecule has 0 bridgehead atoms. The number of nitrogens with zero attached hydrogens (tertiary/aromatic N) is 1. The van der Waals surface area contributed by atoms with E-state index in [4.69, 9.17) is 10.8 Å². The average molecular weight is 273 g/mol. The van der Waals surface area contributed by atoms with Crippen molar-refractivity contribution < 1.29 is 14.7 Å². The van der Waals surface area contributed by atoms with Crippen molar-refractivity contribution in [1.82, 2.24) is 4.98 Å². The largest absolute Gasteiger partial charge is 0.480 e. The van der Waals surface area contributed by atoms with Gasteiger partial charge in [-0.15, -0.1) is 0 Å². The highest BCUT2D eigenvalue weighted by atomic mass is 16.4. The zero-order valence-electron chi connectivity index (χ0n) is 11.0. The van der Waals surface area contributed by atoms with E-state index in [2.05, 4.69) is 10.3 Å². The van der Waals surface area contributed by atoms with Gasteiger partial charge in [0.2, 0.25) is 5.91 Å². The minimum Gasteiger partial charge on any atom is -0.480 e. The molecule has 1 heterocycles. The Labute approximate surface area is 115 Å². The molecule has 4 N–H and O–H groups in total. The molecule has 1 aromatic heterocycles. The zero-order chi connectivity index (χ0) is 14.7. The third kappa shape index (κ3) is 3.03. The molecule has 0 aliphatic heterocycles. The molecule has 0 saturated carbocycles. The highest BCUT2D eigenvalue weighted by molar-refractivity contribution is 5.94. The maximum atomic E-state index is 11.1. The predicted octanol–water partition coefficient (Wildman–Crippen LogP) is 1.28. The molecule has 0 aliphatic rings. The molecule has 1 aromatic carbocycles. The Morgan fingerprint density at radius 1 is 1.40 bits per heavy atom. The van der Waals surface area contributed by atoms with Crippen LogP contribution in [0.5, 0.6) is 0 Å². The first-order valence-electron chi connectivity index (χ1n) is 6.10. The fraction of sp³-hybridized carbons (Fsp3) is 0.214. The van der Waals surface area contributed by atoms with Crippen LogP contribution >= 0.6 is 0 Å². The van der Waals surface area contributed by atoms with E-state index in [0.29, 0.717) is 5.82 Å². The summed E-state index contributed by atoms with van der Waals surface area (Å²) in [5.74, 6) is -1.39. The summed E-state index contributed by atoms with van der Waals surface area (Å²) < 4.78 is 0. The summed E-state index contributed by atoms with van der Waals surface area (Å²) in [5, 5.41) is 13.6. The normalized spacial score (nSPS) is 12.1. The summed E-state index contributed by atoms with van der Waals surface area (Å²) >= 11 is 0. The molecule has 2 rings (SSSR count). The number of carbonyl (C=O) groups excluding carboxylic acids is 1. The lowest BCUT2D eigenvalue weighted by Crippen LogP contribution is -2.34. The number of amides is 1. The fourth-order valence-corrected chi connectivity index (χ4v) is 1.96. The third-order valence-corrected chi connectivity index (χ3v) is 2.94. The van der Waals surface area contributed by atoms with Crippen molar-refractivity contribution in [2.45, 2.75) is 19.4 Å². The number of nitrogens with one attached hydrogen (secondary N) is 1. The van der Waals surface area contributed by atoms with Crippen LogP contribution in [-0.4, -0.2) is 28.0 Å². The monoisotopic (exact) mass is 273 g/mol. The van der Waals surface area contributed by atoms with E-state index in [0.717, 1.165) is 16.3 Å². The van der Waals surface area contributed by atoms with Gasteiger partial charge in [0.15, 0.2) is 0 Å². The van der Waals surface area contributed by atoms with Crippen molar-refractivity contribution in [3.63, 3.8) is 0 Å². The molecular formula is C14H15N3O3. The summed E-state index contributed by atoms with van der Waals surface area (Å²) in [6.45, 7) is 1.94. The fourth-order valence-electron chi connectivity index (χ4n) is 1.96. The summed E-state index contributed by atoms with van der Waals surface area (Å²) in [6, 6.07) is 6.55. The summed E-state index contributed by atoms with van der Waals surface area (Å²) in [5.41, 5.74) is 6.10. The van der Waals surface area contributed by atoms with Gasteiger partial charge in [0.25, 0.3) is 0 Å². The van der Waals surface area contributed by atoms with E-state index in [9.17, 15) is 9.59 Å². The highest BCUT2D eigenvalue weighted by Crippen LogP contribution is 2.23. The zero-order valence-corrected chi connectivity index (χ0v) is 11.0. The van der Waals surface area contributed by atoms with Gasteiger partial charge in [-0.05, 0) is 24.4 Å². The molecule has 1 atom stereocenters. The highest BCUT2D eigenvalue weighted by Gasteiger charge is 2.21. The number of pyridine rings is 1. The Morgan fingerprint density at radius 2 is 2.15 bits per heavy atom. The van der Waals surface area contributed by atoms with Crippen LogP contribution in [0.3, 0.4) is 0 Å². The van der Waals surface area contributed by atoms with Crippen LogP contribution in [0.25, 0.3) is 10.8 Å². The molecule has 104 valence electrons. The van der Waals surface area contributed by atoms with Gasteiger partial charge in [0.05, 0.1) is 6.42 Å². The maximum absolute atomic E-state index is 11.1. The van der Waals surface area contributed by atoms with Gasteiger partial charge in [0.1, 0.15) is 11.9 Å². The lowest BCUT2D eigenvalue weighted by atomic mass is 10.1. The molecule has 0 aliphatic carbocycles. The molecule has 20 heavy (non-hydrogen) atoms. The Morgan fingerprint density at radius 3 is 2.80 bits per heavy atom. The van der Waals surface area contributed by atoms with Crippen LogP contribution in [-0.2, 0) is 9.59 Å². The van der Waals surface area contributed by atoms with Crippen molar-refractivity contribution in [2.75, 3.05) is 5.32 Å². The number of aliphatic carboxylic acids is 1. The van der Waals surface area contributed by atoms with Gasteiger partial charge in [-0.1, -0.05) is 17.7 Å². The van der Waals surface area contributed by atoms with Crippen LogP contribution in [0.15, 0.2) is 30.5 Å². The van der Waals surface area contributed by atoms with E-state index in [1.165, 1.54) is 0 Å². The molecule has 6 heteroatoms. The van der Waals surface area contributed by atoms with Crippen molar-refractivity contribution >= 4 is 28.5 Å². The minimum atomic E-state index is -1.14. The SMILES string of the molecule is Cc1ccc2ccnc(NC(CC(N)=O)C(=O)O)c2c1. The van der Waals surface area contributed by atoms with Gasteiger partial charge >= 0.3 is 5.97 Å². The van der Waals surface area contributed by atoms with E-state index in [1.807, 2.05) is 31.2 Å². The lowest BCUT2D eigenvalue weighted by molar-refractivity contribution is -0.139. The van der Waals surface area contributed by atoms with E-state index < -0.39 is 17.9 Å². The van der Waals surface area contributed by atoms with Crippen LogP contribution in [0, 0.1) is 6.92 Å². The lowest BCUT2D eigenvalue weighted by Gasteiger charge is -2.15. The van der Waals surface area contributed by atoms with Crippen LogP contribution in [0.1, 0.15) is 12.0 Å². The van der Waals surface area contributed by atoms with Gasteiger partial charge in [-0.25, -0.2) is 9.78 Å². The minimum absolute atomic E-state index is 0.292. The number of carboxylic acids is 1. The van der Waals surface area contributed by atoms with E-state index >= 15 is 0 Å². The molecule has 0 radical (unpaired) electrons. The van der Waals surface area contributed by atoms with Crippen molar-refractivity contribution in [2.24, 2.45) is 5.73 Å². The molecule has 0 fully saturated rings. The molecule has 0 spiro atoms.